The highest BCUT2D eigenvalue weighted by atomic mass is 35.5. The average molecular weight is 378 g/mol. The maximum Gasteiger partial charge on any atom is 0.348 e. The van der Waals surface area contributed by atoms with Gasteiger partial charge >= 0.3 is 5.97 Å². The van der Waals surface area contributed by atoms with Crippen molar-refractivity contribution < 1.29 is 14.3 Å². The molecule has 3 rings (SSSR count). The minimum atomic E-state index is -0.430. The van der Waals surface area contributed by atoms with Crippen LogP contribution in [0.3, 0.4) is 0 Å². The summed E-state index contributed by atoms with van der Waals surface area (Å²) in [7, 11) is 0. The van der Waals surface area contributed by atoms with Crippen LogP contribution in [-0.4, -0.2) is 18.5 Å². The fourth-order valence-electron chi connectivity index (χ4n) is 2.92. The van der Waals surface area contributed by atoms with Crippen LogP contribution >= 0.6 is 22.9 Å². The summed E-state index contributed by atoms with van der Waals surface area (Å²) >= 11 is 7.39. The van der Waals surface area contributed by atoms with Crippen molar-refractivity contribution in [2.75, 3.05) is 11.9 Å². The van der Waals surface area contributed by atoms with Gasteiger partial charge in [0.2, 0.25) is 0 Å². The molecule has 0 spiro atoms. The zero-order valence-corrected chi connectivity index (χ0v) is 15.6. The second kappa shape index (κ2) is 8.02. The smallest absolute Gasteiger partial charge is 0.348 e. The van der Waals surface area contributed by atoms with Gasteiger partial charge in [0.1, 0.15) is 4.88 Å². The van der Waals surface area contributed by atoms with Crippen molar-refractivity contribution in [3.05, 3.63) is 50.2 Å². The molecule has 0 bridgehead atoms. The van der Waals surface area contributed by atoms with E-state index >= 15 is 0 Å². The van der Waals surface area contributed by atoms with Gasteiger partial charge in [-0.15, -0.1) is 11.3 Å². The van der Waals surface area contributed by atoms with Crippen LogP contribution in [0.2, 0.25) is 5.02 Å². The Morgan fingerprint density at radius 3 is 2.80 bits per heavy atom. The predicted octanol–water partition coefficient (Wildman–Crippen LogP) is 4.77. The van der Waals surface area contributed by atoms with E-state index in [1.165, 1.54) is 41.0 Å². The van der Waals surface area contributed by atoms with E-state index in [2.05, 4.69) is 5.32 Å². The molecule has 6 heteroatoms. The third kappa shape index (κ3) is 4.61. The average Bonchev–Trinajstić information content (AvgIpc) is 2.86. The molecule has 1 aromatic heterocycles. The molecule has 0 atom stereocenters. The molecular formula is C19H20ClNO3S. The first-order valence-electron chi connectivity index (χ1n) is 8.37. The first-order chi connectivity index (χ1) is 12.0. The summed E-state index contributed by atoms with van der Waals surface area (Å²) in [6, 6.07) is 7.12. The number of ether oxygens (including phenoxy) is 1. The Balaban J connectivity index is 1.56. The number of hydrogen-bond acceptors (Lipinski definition) is 4. The second-order valence-electron chi connectivity index (χ2n) is 6.20. The molecule has 1 heterocycles. The number of anilines is 1. The molecular weight excluding hydrogens is 358 g/mol. The molecule has 0 saturated heterocycles. The number of esters is 1. The molecule has 1 N–H and O–H groups in total. The predicted molar refractivity (Wildman–Crippen MR) is 101 cm³/mol. The van der Waals surface area contributed by atoms with Gasteiger partial charge in [-0.3, -0.25) is 4.79 Å². The maximum atomic E-state index is 12.2. The van der Waals surface area contributed by atoms with Gasteiger partial charge in [0.25, 0.3) is 5.91 Å². The van der Waals surface area contributed by atoms with Gasteiger partial charge in [-0.2, -0.15) is 0 Å². The normalized spacial score (nSPS) is 13.7. The minimum Gasteiger partial charge on any atom is -0.451 e. The highest BCUT2D eigenvalue weighted by Gasteiger charge is 2.18. The van der Waals surface area contributed by atoms with Crippen molar-refractivity contribution >= 4 is 40.5 Å². The molecule has 1 aromatic carbocycles. The summed E-state index contributed by atoms with van der Waals surface area (Å²) in [6.07, 6.45) is 5.64. The van der Waals surface area contributed by atoms with Crippen molar-refractivity contribution in [1.82, 2.24) is 0 Å². The van der Waals surface area contributed by atoms with Gasteiger partial charge in [0.05, 0.1) is 0 Å². The summed E-state index contributed by atoms with van der Waals surface area (Å²) in [5.41, 5.74) is 2.78. The first-order valence-corrected chi connectivity index (χ1v) is 9.57. The van der Waals surface area contributed by atoms with Crippen molar-refractivity contribution in [2.45, 2.75) is 39.0 Å². The van der Waals surface area contributed by atoms with Gasteiger partial charge in [0.15, 0.2) is 6.61 Å². The van der Waals surface area contributed by atoms with Crippen molar-refractivity contribution in [3.8, 4) is 0 Å². The third-order valence-electron chi connectivity index (χ3n) is 4.24. The standard InChI is InChI=1S/C19H20ClNO3S/c1-12-9-14(20)7-8-15(12)21-18(22)11-24-19(23)17-10-13-5-3-2-4-6-16(13)25-17/h7-10H,2-6,11H2,1H3,(H,21,22). The zero-order valence-electron chi connectivity index (χ0n) is 14.1. The zero-order chi connectivity index (χ0) is 17.8. The van der Waals surface area contributed by atoms with E-state index in [4.69, 9.17) is 16.3 Å². The number of rotatable bonds is 4. The lowest BCUT2D eigenvalue weighted by Gasteiger charge is -2.09. The van der Waals surface area contributed by atoms with Gasteiger partial charge in [-0.25, -0.2) is 4.79 Å². The van der Waals surface area contributed by atoms with Crippen LogP contribution in [0.25, 0.3) is 0 Å². The molecule has 25 heavy (non-hydrogen) atoms. The summed E-state index contributed by atoms with van der Waals surface area (Å²) in [5, 5.41) is 3.34. The Kier molecular flexibility index (Phi) is 5.76. The summed E-state index contributed by atoms with van der Waals surface area (Å²) in [6.45, 7) is 1.55. The first kappa shape index (κ1) is 18.0. The summed E-state index contributed by atoms with van der Waals surface area (Å²) < 4.78 is 5.17. The lowest BCUT2D eigenvalue weighted by Crippen LogP contribution is -2.21. The van der Waals surface area contributed by atoms with Crippen LogP contribution < -0.4 is 5.32 Å². The Morgan fingerprint density at radius 1 is 1.20 bits per heavy atom. The molecule has 4 nitrogen and oxygen atoms in total. The molecule has 1 aliphatic rings. The number of aryl methyl sites for hydroxylation is 3. The van der Waals surface area contributed by atoms with E-state index in [0.717, 1.165) is 18.4 Å². The van der Waals surface area contributed by atoms with E-state index in [1.807, 2.05) is 13.0 Å². The third-order valence-corrected chi connectivity index (χ3v) is 5.70. The second-order valence-corrected chi connectivity index (χ2v) is 7.78. The van der Waals surface area contributed by atoms with Crippen LogP contribution in [0.4, 0.5) is 5.69 Å². The topological polar surface area (TPSA) is 55.4 Å². The Labute approximate surface area is 156 Å². The number of hydrogen-bond donors (Lipinski definition) is 1. The van der Waals surface area contributed by atoms with Crippen LogP contribution in [0.5, 0.6) is 0 Å². The lowest BCUT2D eigenvalue weighted by atomic mass is 10.1. The Bertz CT molecular complexity index is 776. The number of nitrogens with one attached hydrogen (secondary N) is 1. The van der Waals surface area contributed by atoms with Crippen LogP contribution in [-0.2, 0) is 22.4 Å². The number of carbonyl (C=O) groups excluding carboxylic acids is 2. The maximum absolute atomic E-state index is 12.2. The SMILES string of the molecule is Cc1cc(Cl)ccc1NC(=O)COC(=O)c1cc2c(s1)CCCCC2. The fraction of sp³-hybridized carbons (Fsp3) is 0.368. The molecule has 0 fully saturated rings. The number of thiophene rings is 1. The van der Waals surface area contributed by atoms with Crippen molar-refractivity contribution in [1.29, 1.82) is 0 Å². The monoisotopic (exact) mass is 377 g/mol. The minimum absolute atomic E-state index is 0.302. The highest BCUT2D eigenvalue weighted by molar-refractivity contribution is 7.14. The summed E-state index contributed by atoms with van der Waals surface area (Å²) in [5.74, 6) is -0.794. The van der Waals surface area contributed by atoms with E-state index in [-0.39, 0.29) is 12.5 Å². The van der Waals surface area contributed by atoms with Crippen LogP contribution in [0, 0.1) is 6.92 Å². The fourth-order valence-corrected chi connectivity index (χ4v) is 4.30. The van der Waals surface area contributed by atoms with Gasteiger partial charge < -0.3 is 10.1 Å². The molecule has 0 saturated carbocycles. The number of fused-ring (bicyclic) bond motifs is 1. The molecule has 0 radical (unpaired) electrons. The van der Waals surface area contributed by atoms with Crippen molar-refractivity contribution in [2.24, 2.45) is 0 Å². The van der Waals surface area contributed by atoms with Gasteiger partial charge in [-0.1, -0.05) is 18.0 Å². The van der Waals surface area contributed by atoms with Crippen LogP contribution in [0.15, 0.2) is 24.3 Å². The Morgan fingerprint density at radius 2 is 2.00 bits per heavy atom. The van der Waals surface area contributed by atoms with E-state index < -0.39 is 5.97 Å². The molecule has 132 valence electrons. The molecule has 1 aliphatic carbocycles. The molecule has 2 aromatic rings. The number of benzene rings is 1. The summed E-state index contributed by atoms with van der Waals surface area (Å²) in [4.78, 5) is 26.1. The van der Waals surface area contributed by atoms with E-state index in [9.17, 15) is 9.59 Å². The molecule has 1 amide bonds. The Hall–Kier alpha value is -1.85. The van der Waals surface area contributed by atoms with E-state index in [0.29, 0.717) is 15.6 Å². The van der Waals surface area contributed by atoms with Gasteiger partial charge in [-0.05, 0) is 68.0 Å². The number of halogens is 1. The van der Waals surface area contributed by atoms with E-state index in [1.54, 1.807) is 18.2 Å². The molecule has 0 aliphatic heterocycles. The molecule has 0 unspecified atom stereocenters. The largest absolute Gasteiger partial charge is 0.451 e. The highest BCUT2D eigenvalue weighted by Crippen LogP contribution is 2.29. The quantitative estimate of drug-likeness (QED) is 0.616. The van der Waals surface area contributed by atoms with Crippen LogP contribution in [0.1, 0.15) is 44.9 Å². The number of carbonyl (C=O) groups is 2. The van der Waals surface area contributed by atoms with Crippen molar-refractivity contribution in [3.63, 3.8) is 0 Å². The lowest BCUT2D eigenvalue weighted by molar-refractivity contribution is -0.119. The number of amides is 1. The van der Waals surface area contributed by atoms with Gasteiger partial charge in [0, 0.05) is 15.6 Å².